The summed E-state index contributed by atoms with van der Waals surface area (Å²) in [6.45, 7) is 6.31. The molecule has 1 rings (SSSR count). The van der Waals surface area contributed by atoms with Crippen molar-refractivity contribution in [2.24, 2.45) is 0 Å². The standard InChI is InChI=1S/C13H22N2O2S2/c1-5-10-6-7-11(14)8-12(10)19(16,17)15-9-13(2,3)18-4/h6-8,15H,5,9,14H2,1-4H3. The smallest absolute Gasteiger partial charge is 0.240 e. The number of nitrogen functional groups attached to an aromatic ring is 1. The van der Waals surface area contributed by atoms with Crippen LogP contribution in [0, 0.1) is 0 Å². The van der Waals surface area contributed by atoms with Crippen LogP contribution in [0.3, 0.4) is 0 Å². The van der Waals surface area contributed by atoms with Crippen LogP contribution >= 0.6 is 11.8 Å². The lowest BCUT2D eigenvalue weighted by atomic mass is 10.1. The number of aryl methyl sites for hydroxylation is 1. The van der Waals surface area contributed by atoms with Crippen LogP contribution in [0.15, 0.2) is 23.1 Å². The van der Waals surface area contributed by atoms with Crippen LogP contribution in [0.1, 0.15) is 26.3 Å². The van der Waals surface area contributed by atoms with Crippen molar-refractivity contribution < 1.29 is 8.42 Å². The van der Waals surface area contributed by atoms with Crippen molar-refractivity contribution in [3.8, 4) is 0 Å². The van der Waals surface area contributed by atoms with Gasteiger partial charge in [-0.05, 0) is 44.2 Å². The molecule has 0 aromatic heterocycles. The lowest BCUT2D eigenvalue weighted by molar-refractivity contribution is 0.570. The van der Waals surface area contributed by atoms with Gasteiger partial charge in [0.2, 0.25) is 10.0 Å². The summed E-state index contributed by atoms with van der Waals surface area (Å²) in [6, 6.07) is 5.01. The van der Waals surface area contributed by atoms with E-state index in [2.05, 4.69) is 4.72 Å². The number of nitrogens with one attached hydrogen (secondary N) is 1. The van der Waals surface area contributed by atoms with Crippen LogP contribution in [0.5, 0.6) is 0 Å². The minimum atomic E-state index is -3.51. The maximum absolute atomic E-state index is 12.4. The molecule has 0 bridgehead atoms. The van der Waals surface area contributed by atoms with E-state index in [-0.39, 0.29) is 9.64 Å². The van der Waals surface area contributed by atoms with Crippen LogP contribution in [-0.2, 0) is 16.4 Å². The van der Waals surface area contributed by atoms with Crippen LogP contribution in [0.2, 0.25) is 0 Å². The molecule has 0 atom stereocenters. The van der Waals surface area contributed by atoms with E-state index in [0.717, 1.165) is 5.56 Å². The molecule has 0 aliphatic carbocycles. The fourth-order valence-corrected chi connectivity index (χ4v) is 3.40. The first-order valence-corrected chi connectivity index (χ1v) is 8.86. The summed E-state index contributed by atoms with van der Waals surface area (Å²) in [5.41, 5.74) is 6.93. The van der Waals surface area contributed by atoms with Crippen molar-refractivity contribution in [3.05, 3.63) is 23.8 Å². The number of anilines is 1. The van der Waals surface area contributed by atoms with Gasteiger partial charge in [-0.1, -0.05) is 13.0 Å². The number of hydrogen-bond acceptors (Lipinski definition) is 4. The summed E-state index contributed by atoms with van der Waals surface area (Å²) in [5.74, 6) is 0. The first-order chi connectivity index (χ1) is 8.72. The first kappa shape index (κ1) is 16.3. The summed E-state index contributed by atoms with van der Waals surface area (Å²) >= 11 is 1.62. The molecule has 0 radical (unpaired) electrons. The number of hydrogen-bond donors (Lipinski definition) is 2. The molecule has 0 spiro atoms. The van der Waals surface area contributed by atoms with Gasteiger partial charge in [0, 0.05) is 17.0 Å². The maximum atomic E-state index is 12.4. The minimum Gasteiger partial charge on any atom is -0.399 e. The number of benzene rings is 1. The second-order valence-electron chi connectivity index (χ2n) is 5.01. The molecule has 0 saturated carbocycles. The lowest BCUT2D eigenvalue weighted by Gasteiger charge is -2.22. The Hall–Kier alpha value is -0.720. The summed E-state index contributed by atoms with van der Waals surface area (Å²) in [6.07, 6.45) is 2.62. The molecule has 0 aliphatic rings. The van der Waals surface area contributed by atoms with Crippen molar-refractivity contribution in [2.75, 3.05) is 18.5 Å². The number of sulfonamides is 1. The van der Waals surface area contributed by atoms with E-state index in [1.807, 2.05) is 27.0 Å². The Labute approximate surface area is 120 Å². The molecule has 0 heterocycles. The molecule has 3 N–H and O–H groups in total. The highest BCUT2D eigenvalue weighted by Crippen LogP contribution is 2.23. The normalized spacial score (nSPS) is 12.6. The van der Waals surface area contributed by atoms with Gasteiger partial charge in [-0.2, -0.15) is 11.8 Å². The Morgan fingerprint density at radius 3 is 2.53 bits per heavy atom. The third-order valence-electron chi connectivity index (χ3n) is 3.00. The Morgan fingerprint density at radius 1 is 1.37 bits per heavy atom. The number of rotatable bonds is 6. The summed E-state index contributed by atoms with van der Waals surface area (Å²) < 4.78 is 27.2. The summed E-state index contributed by atoms with van der Waals surface area (Å²) in [4.78, 5) is 0.284. The summed E-state index contributed by atoms with van der Waals surface area (Å²) in [7, 11) is -3.51. The molecule has 108 valence electrons. The van der Waals surface area contributed by atoms with Gasteiger partial charge >= 0.3 is 0 Å². The van der Waals surface area contributed by atoms with Crippen LogP contribution < -0.4 is 10.5 Å². The highest BCUT2D eigenvalue weighted by molar-refractivity contribution is 8.00. The predicted molar refractivity (Wildman–Crippen MR) is 83.0 cm³/mol. The minimum absolute atomic E-state index is 0.139. The molecule has 1 aromatic rings. The average Bonchev–Trinajstić information content (AvgIpc) is 2.37. The third kappa shape index (κ3) is 4.40. The zero-order valence-corrected chi connectivity index (χ0v) is 13.5. The van der Waals surface area contributed by atoms with Gasteiger partial charge in [0.15, 0.2) is 0 Å². The van der Waals surface area contributed by atoms with E-state index in [4.69, 9.17) is 5.73 Å². The summed E-state index contributed by atoms with van der Waals surface area (Å²) in [5, 5.41) is 0. The van der Waals surface area contributed by atoms with Gasteiger partial charge in [-0.25, -0.2) is 13.1 Å². The van der Waals surface area contributed by atoms with Crippen LogP contribution in [0.4, 0.5) is 5.69 Å². The van der Waals surface area contributed by atoms with Crippen LogP contribution in [-0.4, -0.2) is 26.0 Å². The third-order valence-corrected chi connectivity index (χ3v) is 5.74. The largest absolute Gasteiger partial charge is 0.399 e. The van der Waals surface area contributed by atoms with E-state index in [9.17, 15) is 8.42 Å². The quantitative estimate of drug-likeness (QED) is 0.791. The topological polar surface area (TPSA) is 72.2 Å². The van der Waals surface area contributed by atoms with E-state index in [0.29, 0.717) is 18.7 Å². The van der Waals surface area contributed by atoms with Gasteiger partial charge in [-0.15, -0.1) is 0 Å². The molecular formula is C13H22N2O2S2. The average molecular weight is 302 g/mol. The van der Waals surface area contributed by atoms with Crippen molar-refractivity contribution >= 4 is 27.5 Å². The van der Waals surface area contributed by atoms with Gasteiger partial charge in [0.05, 0.1) is 4.90 Å². The van der Waals surface area contributed by atoms with E-state index < -0.39 is 10.0 Å². The molecule has 1 aromatic carbocycles. The monoisotopic (exact) mass is 302 g/mol. The zero-order chi connectivity index (χ0) is 14.7. The van der Waals surface area contributed by atoms with Crippen molar-refractivity contribution in [2.45, 2.75) is 36.8 Å². The maximum Gasteiger partial charge on any atom is 0.240 e. The van der Waals surface area contributed by atoms with Crippen LogP contribution in [0.25, 0.3) is 0 Å². The Bertz CT molecular complexity index is 540. The highest BCUT2D eigenvalue weighted by Gasteiger charge is 2.23. The molecule has 0 aliphatic heterocycles. The molecule has 6 heteroatoms. The molecule has 0 saturated heterocycles. The molecule has 19 heavy (non-hydrogen) atoms. The fourth-order valence-electron chi connectivity index (χ4n) is 1.53. The predicted octanol–water partition coefficient (Wildman–Crippen LogP) is 2.25. The second-order valence-corrected chi connectivity index (χ2v) is 8.26. The van der Waals surface area contributed by atoms with Gasteiger partial charge in [0.25, 0.3) is 0 Å². The highest BCUT2D eigenvalue weighted by atomic mass is 32.2. The second kappa shape index (κ2) is 6.15. The lowest BCUT2D eigenvalue weighted by Crippen LogP contribution is -2.36. The SMILES string of the molecule is CCc1ccc(N)cc1S(=O)(=O)NCC(C)(C)SC. The van der Waals surface area contributed by atoms with E-state index in [1.54, 1.807) is 23.9 Å². The fraction of sp³-hybridized carbons (Fsp3) is 0.538. The van der Waals surface area contributed by atoms with Gasteiger partial charge in [0.1, 0.15) is 0 Å². The van der Waals surface area contributed by atoms with Crippen molar-refractivity contribution in [1.29, 1.82) is 0 Å². The Morgan fingerprint density at radius 2 is 2.00 bits per heavy atom. The molecule has 0 unspecified atom stereocenters. The Kier molecular flexibility index (Phi) is 5.29. The molecular weight excluding hydrogens is 280 g/mol. The molecule has 4 nitrogen and oxygen atoms in total. The van der Waals surface area contributed by atoms with Crippen molar-refractivity contribution in [1.82, 2.24) is 4.72 Å². The number of nitrogens with two attached hydrogens (primary N) is 1. The van der Waals surface area contributed by atoms with Gasteiger partial charge < -0.3 is 5.73 Å². The van der Waals surface area contributed by atoms with Crippen molar-refractivity contribution in [3.63, 3.8) is 0 Å². The number of thioether (sulfide) groups is 1. The first-order valence-electron chi connectivity index (χ1n) is 6.15. The zero-order valence-electron chi connectivity index (χ0n) is 11.9. The van der Waals surface area contributed by atoms with E-state index >= 15 is 0 Å². The Balaban J connectivity index is 3.04. The molecule has 0 amide bonds. The van der Waals surface area contributed by atoms with Gasteiger partial charge in [-0.3, -0.25) is 0 Å². The molecule has 0 fully saturated rings. The van der Waals surface area contributed by atoms with E-state index in [1.165, 1.54) is 6.07 Å².